The lowest BCUT2D eigenvalue weighted by atomic mass is 10.2. The minimum Gasteiger partial charge on any atom is -0.492 e. The number of benzene rings is 1. The van der Waals surface area contributed by atoms with Gasteiger partial charge in [-0.1, -0.05) is 26.0 Å². The maximum atomic E-state index is 5.79. The van der Waals surface area contributed by atoms with Crippen molar-refractivity contribution in [3.8, 4) is 5.75 Å². The van der Waals surface area contributed by atoms with Crippen LogP contribution in [0.4, 0.5) is 0 Å². The van der Waals surface area contributed by atoms with Gasteiger partial charge in [-0.05, 0) is 43.5 Å². The minimum absolute atomic E-state index is 0.707. The van der Waals surface area contributed by atoms with E-state index < -0.39 is 0 Å². The van der Waals surface area contributed by atoms with Crippen molar-refractivity contribution in [3.63, 3.8) is 0 Å². The van der Waals surface area contributed by atoms with Crippen LogP contribution in [0.3, 0.4) is 0 Å². The summed E-state index contributed by atoms with van der Waals surface area (Å²) >= 11 is 0. The van der Waals surface area contributed by atoms with Crippen molar-refractivity contribution in [2.75, 3.05) is 26.7 Å². The molecule has 1 N–H and O–H groups in total. The lowest BCUT2D eigenvalue weighted by Gasteiger charge is -2.19. The highest BCUT2D eigenvalue weighted by molar-refractivity contribution is 5.27. The number of rotatable bonds is 9. The molecule has 112 valence electrons. The van der Waals surface area contributed by atoms with Crippen LogP contribution in [-0.4, -0.2) is 37.7 Å². The van der Waals surface area contributed by atoms with Crippen molar-refractivity contribution >= 4 is 0 Å². The first-order valence-corrected chi connectivity index (χ1v) is 7.77. The van der Waals surface area contributed by atoms with E-state index >= 15 is 0 Å². The maximum Gasteiger partial charge on any atom is 0.119 e. The molecule has 20 heavy (non-hydrogen) atoms. The maximum absolute atomic E-state index is 5.79. The van der Waals surface area contributed by atoms with Crippen LogP contribution in [0, 0.1) is 5.92 Å². The minimum atomic E-state index is 0.707. The fraction of sp³-hybridized carbons (Fsp3) is 0.647. The van der Waals surface area contributed by atoms with Gasteiger partial charge in [-0.3, -0.25) is 0 Å². The topological polar surface area (TPSA) is 24.5 Å². The number of hydrogen-bond donors (Lipinski definition) is 1. The number of nitrogens with zero attached hydrogens (tertiary/aromatic N) is 1. The van der Waals surface area contributed by atoms with Crippen molar-refractivity contribution in [2.45, 2.75) is 39.3 Å². The zero-order chi connectivity index (χ0) is 14.4. The van der Waals surface area contributed by atoms with Crippen LogP contribution in [0.1, 0.15) is 32.3 Å². The van der Waals surface area contributed by atoms with Gasteiger partial charge >= 0.3 is 0 Å². The third-order valence-electron chi connectivity index (χ3n) is 3.51. The van der Waals surface area contributed by atoms with Gasteiger partial charge < -0.3 is 15.0 Å². The van der Waals surface area contributed by atoms with E-state index in [9.17, 15) is 0 Å². The third kappa shape index (κ3) is 5.93. The van der Waals surface area contributed by atoms with E-state index in [0.29, 0.717) is 5.92 Å². The third-order valence-corrected chi connectivity index (χ3v) is 3.51. The Kier molecular flexibility index (Phi) is 5.86. The fourth-order valence-electron chi connectivity index (χ4n) is 2.29. The lowest BCUT2D eigenvalue weighted by molar-refractivity contribution is 0.222. The average molecular weight is 276 g/mol. The van der Waals surface area contributed by atoms with E-state index in [1.54, 1.807) is 0 Å². The summed E-state index contributed by atoms with van der Waals surface area (Å²) < 4.78 is 5.79. The predicted octanol–water partition coefficient (Wildman–Crippen LogP) is 2.91. The van der Waals surface area contributed by atoms with Crippen LogP contribution in [0.25, 0.3) is 0 Å². The second-order valence-electron chi connectivity index (χ2n) is 6.30. The summed E-state index contributed by atoms with van der Waals surface area (Å²) in [5.41, 5.74) is 1.33. The van der Waals surface area contributed by atoms with Gasteiger partial charge in [0.05, 0.1) is 0 Å². The molecule has 0 saturated heterocycles. The highest BCUT2D eigenvalue weighted by Crippen LogP contribution is 2.19. The molecule has 3 heteroatoms. The number of ether oxygens (including phenoxy) is 1. The van der Waals surface area contributed by atoms with Crippen LogP contribution >= 0.6 is 0 Å². The Morgan fingerprint density at radius 2 is 1.95 bits per heavy atom. The summed E-state index contributed by atoms with van der Waals surface area (Å²) in [7, 11) is 2.15. The molecule has 0 bridgehead atoms. The van der Waals surface area contributed by atoms with Gasteiger partial charge in [-0.2, -0.15) is 0 Å². The van der Waals surface area contributed by atoms with E-state index in [4.69, 9.17) is 4.74 Å². The first kappa shape index (κ1) is 15.3. The highest BCUT2D eigenvalue weighted by Gasteiger charge is 2.19. The molecule has 1 aromatic rings. The van der Waals surface area contributed by atoms with Gasteiger partial charge in [0.15, 0.2) is 0 Å². The molecule has 0 unspecified atom stereocenters. The number of nitrogens with one attached hydrogen (secondary N) is 1. The molecular formula is C17H28N2O. The first-order valence-electron chi connectivity index (χ1n) is 7.77. The SMILES string of the molecule is CC(C)CN(C)CCOc1ccc(CNC2CC2)cc1. The summed E-state index contributed by atoms with van der Waals surface area (Å²) in [5, 5.41) is 3.52. The fourth-order valence-corrected chi connectivity index (χ4v) is 2.29. The van der Waals surface area contributed by atoms with Crippen LogP contribution < -0.4 is 10.1 Å². The monoisotopic (exact) mass is 276 g/mol. The Morgan fingerprint density at radius 1 is 1.25 bits per heavy atom. The van der Waals surface area contributed by atoms with Gasteiger partial charge in [0.2, 0.25) is 0 Å². The highest BCUT2D eigenvalue weighted by atomic mass is 16.5. The molecule has 1 aromatic carbocycles. The van der Waals surface area contributed by atoms with Crippen molar-refractivity contribution in [1.29, 1.82) is 0 Å². The molecule has 3 nitrogen and oxygen atoms in total. The average Bonchev–Trinajstić information content (AvgIpc) is 3.21. The Labute approximate surface area is 123 Å². The molecule has 0 atom stereocenters. The van der Waals surface area contributed by atoms with Gasteiger partial charge in [-0.15, -0.1) is 0 Å². The number of hydrogen-bond acceptors (Lipinski definition) is 3. The molecule has 1 aliphatic carbocycles. The molecule has 1 fully saturated rings. The summed E-state index contributed by atoms with van der Waals surface area (Å²) in [4.78, 5) is 2.32. The summed E-state index contributed by atoms with van der Waals surface area (Å²) in [6.07, 6.45) is 2.68. The molecule has 0 aromatic heterocycles. The summed E-state index contributed by atoms with van der Waals surface area (Å²) in [6, 6.07) is 9.23. The van der Waals surface area contributed by atoms with Gasteiger partial charge in [-0.25, -0.2) is 0 Å². The molecule has 0 heterocycles. The van der Waals surface area contributed by atoms with Crippen molar-refractivity contribution in [3.05, 3.63) is 29.8 Å². The van der Waals surface area contributed by atoms with Gasteiger partial charge in [0.25, 0.3) is 0 Å². The Balaban J connectivity index is 1.64. The molecule has 1 saturated carbocycles. The van der Waals surface area contributed by atoms with Crippen LogP contribution in [0.2, 0.25) is 0 Å². The second-order valence-corrected chi connectivity index (χ2v) is 6.30. The Morgan fingerprint density at radius 3 is 2.55 bits per heavy atom. The van der Waals surface area contributed by atoms with E-state index in [-0.39, 0.29) is 0 Å². The molecule has 1 aliphatic rings. The summed E-state index contributed by atoms with van der Waals surface area (Å²) in [6.45, 7) is 8.31. The van der Waals surface area contributed by atoms with Gasteiger partial charge in [0.1, 0.15) is 12.4 Å². The first-order chi connectivity index (χ1) is 9.63. The molecule has 0 aliphatic heterocycles. The predicted molar refractivity (Wildman–Crippen MR) is 84.1 cm³/mol. The van der Waals surface area contributed by atoms with Crippen molar-refractivity contribution in [1.82, 2.24) is 10.2 Å². The van der Waals surface area contributed by atoms with Crippen molar-refractivity contribution < 1.29 is 4.74 Å². The smallest absolute Gasteiger partial charge is 0.119 e. The lowest BCUT2D eigenvalue weighted by Crippen LogP contribution is -2.27. The van der Waals surface area contributed by atoms with E-state index in [2.05, 4.69) is 55.4 Å². The Bertz CT molecular complexity index is 384. The molecular weight excluding hydrogens is 248 g/mol. The zero-order valence-corrected chi connectivity index (χ0v) is 13.1. The standard InChI is InChI=1S/C17H28N2O/c1-14(2)13-19(3)10-11-20-17-8-4-15(5-9-17)12-18-16-6-7-16/h4-5,8-9,14,16,18H,6-7,10-13H2,1-3H3. The van der Waals surface area contributed by atoms with Crippen LogP contribution in [0.15, 0.2) is 24.3 Å². The van der Waals surface area contributed by atoms with Gasteiger partial charge in [0, 0.05) is 25.7 Å². The van der Waals surface area contributed by atoms with E-state index in [0.717, 1.165) is 38.0 Å². The quantitative estimate of drug-likeness (QED) is 0.750. The van der Waals surface area contributed by atoms with E-state index in [1.165, 1.54) is 18.4 Å². The van der Waals surface area contributed by atoms with E-state index in [1.807, 2.05) is 0 Å². The summed E-state index contributed by atoms with van der Waals surface area (Å²) in [5.74, 6) is 1.68. The molecule has 0 radical (unpaired) electrons. The molecule has 0 spiro atoms. The molecule has 2 rings (SSSR count). The van der Waals surface area contributed by atoms with Crippen molar-refractivity contribution in [2.24, 2.45) is 5.92 Å². The largest absolute Gasteiger partial charge is 0.492 e. The zero-order valence-electron chi connectivity index (χ0n) is 13.1. The number of likely N-dealkylation sites (N-methyl/N-ethyl adjacent to an activating group) is 1. The Hall–Kier alpha value is -1.06. The second kappa shape index (κ2) is 7.65. The van der Waals surface area contributed by atoms with Crippen LogP contribution in [-0.2, 0) is 6.54 Å². The molecule has 0 amide bonds. The van der Waals surface area contributed by atoms with Crippen LogP contribution in [0.5, 0.6) is 5.75 Å². The normalized spacial score (nSPS) is 15.1.